The minimum atomic E-state index is -0.302. The van der Waals surface area contributed by atoms with E-state index in [1.165, 1.54) is 12.8 Å². The summed E-state index contributed by atoms with van der Waals surface area (Å²) in [6.07, 6.45) is 4.13. The van der Waals surface area contributed by atoms with Crippen molar-refractivity contribution in [3.63, 3.8) is 0 Å². The lowest BCUT2D eigenvalue weighted by molar-refractivity contribution is 0.0585. The van der Waals surface area contributed by atoms with Gasteiger partial charge in [0.15, 0.2) is 0 Å². The molecule has 210 valence electrons. The van der Waals surface area contributed by atoms with Crippen molar-refractivity contribution >= 4 is 23.3 Å². The van der Waals surface area contributed by atoms with Crippen LogP contribution in [0.15, 0.2) is 70.6 Å². The largest absolute Gasteiger partial charge is 0.474 e. The van der Waals surface area contributed by atoms with E-state index in [2.05, 4.69) is 45.3 Å². The van der Waals surface area contributed by atoms with Gasteiger partial charge in [-0.05, 0) is 43.2 Å². The van der Waals surface area contributed by atoms with Gasteiger partial charge in [0.2, 0.25) is 5.90 Å². The number of hydrogen-bond donors (Lipinski definition) is 0. The van der Waals surface area contributed by atoms with Crippen LogP contribution in [0.3, 0.4) is 0 Å². The summed E-state index contributed by atoms with van der Waals surface area (Å²) in [5.41, 5.74) is 6.34. The highest BCUT2D eigenvalue weighted by atomic mass is 16.5. The monoisotopic (exact) mass is 539 g/mol. The van der Waals surface area contributed by atoms with Crippen molar-refractivity contribution in [3.05, 3.63) is 77.6 Å². The van der Waals surface area contributed by atoms with E-state index in [1.54, 1.807) is 0 Å². The van der Waals surface area contributed by atoms with Gasteiger partial charge in [0.05, 0.1) is 18.8 Å². The van der Waals surface area contributed by atoms with Gasteiger partial charge in [-0.15, -0.1) is 0 Å². The second kappa shape index (κ2) is 11.1. The second-order valence-corrected chi connectivity index (χ2v) is 12.0. The maximum Gasteiger partial charge on any atom is 0.354 e. The molecule has 0 aliphatic carbocycles. The zero-order valence-electron chi connectivity index (χ0n) is 24.7. The van der Waals surface area contributed by atoms with Crippen molar-refractivity contribution in [2.24, 2.45) is 15.4 Å². The Hall–Kier alpha value is -3.67. The number of fused-ring (bicyclic) bond motifs is 1. The lowest BCUT2D eigenvalue weighted by Crippen LogP contribution is -2.34. The van der Waals surface area contributed by atoms with Crippen LogP contribution in [-0.2, 0) is 21.4 Å². The van der Waals surface area contributed by atoms with Crippen molar-refractivity contribution < 1.29 is 14.3 Å². The minimum absolute atomic E-state index is 0.0129. The predicted octanol–water partition coefficient (Wildman–Crippen LogP) is 7.76. The fraction of sp³-hybridized carbons (Fsp3) is 0.441. The Bertz CT molecular complexity index is 1440. The molecule has 6 nitrogen and oxygen atoms in total. The number of para-hydroxylation sites is 1. The Morgan fingerprint density at radius 2 is 1.77 bits per heavy atom. The molecule has 0 bridgehead atoms. The average molecular weight is 540 g/mol. The summed E-state index contributed by atoms with van der Waals surface area (Å²) in [6.45, 7) is 12.4. The van der Waals surface area contributed by atoms with Crippen molar-refractivity contribution in [3.8, 4) is 11.1 Å². The standard InChI is InChI=1S/C34H41N3O3/c1-7-34(8-2)19-14-20-37-27(32(38)39-6)21-25(30(34)37)24-17-12-13-18-26(24)35-29(23-15-10-9-11-16-23)31-36-28(22-40-31)33(3,4)5/h9-13,15-18,21,28H,7-8,14,19-20,22H2,1-6H3/t28-/m0/s1. The Morgan fingerprint density at radius 1 is 1.07 bits per heavy atom. The summed E-state index contributed by atoms with van der Waals surface area (Å²) in [7, 11) is 1.45. The van der Waals surface area contributed by atoms with Crippen LogP contribution in [0.2, 0.25) is 0 Å². The number of hydrogen-bond acceptors (Lipinski definition) is 5. The first kappa shape index (κ1) is 27.9. The third-order valence-corrected chi connectivity index (χ3v) is 8.71. The summed E-state index contributed by atoms with van der Waals surface area (Å²) < 4.78 is 13.6. The quantitative estimate of drug-likeness (QED) is 0.228. The highest BCUT2D eigenvalue weighted by Gasteiger charge is 2.39. The molecule has 3 aromatic rings. The molecule has 6 heteroatoms. The van der Waals surface area contributed by atoms with Gasteiger partial charge >= 0.3 is 5.97 Å². The van der Waals surface area contributed by atoms with Crippen LogP contribution in [0.4, 0.5) is 5.69 Å². The number of methoxy groups -OCH3 is 1. The highest BCUT2D eigenvalue weighted by molar-refractivity contribution is 6.46. The number of aliphatic imine (C=N–C) groups is 2. The number of ether oxygens (including phenoxy) is 2. The molecule has 0 spiro atoms. The smallest absolute Gasteiger partial charge is 0.354 e. The minimum Gasteiger partial charge on any atom is -0.474 e. The van der Waals surface area contributed by atoms with Gasteiger partial charge < -0.3 is 14.0 Å². The van der Waals surface area contributed by atoms with Crippen molar-refractivity contribution in [1.29, 1.82) is 0 Å². The summed E-state index contributed by atoms with van der Waals surface area (Å²) in [5.74, 6) is 0.273. The molecule has 2 aromatic carbocycles. The van der Waals surface area contributed by atoms with E-state index in [1.807, 2.05) is 54.6 Å². The molecular weight excluding hydrogens is 498 g/mol. The molecule has 5 rings (SSSR count). The van der Waals surface area contributed by atoms with Gasteiger partial charge in [0, 0.05) is 34.3 Å². The van der Waals surface area contributed by atoms with Crippen LogP contribution < -0.4 is 0 Å². The third kappa shape index (κ3) is 5.00. The molecule has 0 unspecified atom stereocenters. The van der Waals surface area contributed by atoms with E-state index in [9.17, 15) is 4.79 Å². The van der Waals surface area contributed by atoms with Crippen LogP contribution in [0.5, 0.6) is 0 Å². The molecule has 2 aliphatic heterocycles. The van der Waals surface area contributed by atoms with Crippen molar-refractivity contribution in [2.75, 3.05) is 13.7 Å². The van der Waals surface area contributed by atoms with Crippen LogP contribution in [-0.4, -0.2) is 41.9 Å². The molecule has 0 saturated heterocycles. The molecule has 0 fully saturated rings. The summed E-state index contributed by atoms with van der Waals surface area (Å²) in [4.78, 5) is 23.2. The van der Waals surface area contributed by atoms with Gasteiger partial charge in [-0.2, -0.15) is 0 Å². The van der Waals surface area contributed by atoms with E-state index in [0.29, 0.717) is 18.2 Å². The highest BCUT2D eigenvalue weighted by Crippen LogP contribution is 2.48. The van der Waals surface area contributed by atoms with Crippen molar-refractivity contribution in [1.82, 2.24) is 4.57 Å². The fourth-order valence-corrected chi connectivity index (χ4v) is 6.16. The lowest BCUT2D eigenvalue weighted by Gasteiger charge is -2.39. The second-order valence-electron chi connectivity index (χ2n) is 12.0. The number of carbonyl (C=O) groups excluding carboxylic acids is 1. The predicted molar refractivity (Wildman–Crippen MR) is 162 cm³/mol. The van der Waals surface area contributed by atoms with Gasteiger partial charge in [-0.3, -0.25) is 0 Å². The Balaban J connectivity index is 1.73. The number of nitrogens with zero attached hydrogens (tertiary/aromatic N) is 3. The molecule has 3 heterocycles. The zero-order chi connectivity index (χ0) is 28.5. The topological polar surface area (TPSA) is 65.2 Å². The lowest BCUT2D eigenvalue weighted by atomic mass is 9.71. The molecule has 2 aliphatic rings. The van der Waals surface area contributed by atoms with Crippen LogP contribution >= 0.6 is 0 Å². The first-order valence-electron chi connectivity index (χ1n) is 14.5. The van der Waals surface area contributed by atoms with Gasteiger partial charge in [-0.25, -0.2) is 14.8 Å². The molecule has 40 heavy (non-hydrogen) atoms. The Morgan fingerprint density at radius 3 is 2.42 bits per heavy atom. The molecule has 0 N–H and O–H groups in total. The summed E-state index contributed by atoms with van der Waals surface area (Å²) in [6, 6.07) is 20.4. The third-order valence-electron chi connectivity index (χ3n) is 8.71. The zero-order valence-corrected chi connectivity index (χ0v) is 24.7. The maximum atomic E-state index is 12.9. The number of aromatic nitrogens is 1. The molecule has 0 saturated carbocycles. The summed E-state index contributed by atoms with van der Waals surface area (Å²) in [5, 5.41) is 0. The molecular formula is C34H41N3O3. The van der Waals surface area contributed by atoms with Gasteiger partial charge in [0.25, 0.3) is 0 Å². The first-order valence-corrected chi connectivity index (χ1v) is 14.5. The number of rotatable bonds is 7. The van der Waals surface area contributed by atoms with Crippen molar-refractivity contribution in [2.45, 2.75) is 78.3 Å². The van der Waals surface area contributed by atoms with E-state index >= 15 is 0 Å². The summed E-state index contributed by atoms with van der Waals surface area (Å²) >= 11 is 0. The molecule has 1 aromatic heterocycles. The van der Waals surface area contributed by atoms with E-state index < -0.39 is 0 Å². The SMILES string of the molecule is CCC1(CC)CCCn2c(C(=O)OC)cc(-c3ccccc3N=C(C3=N[C@H](C(C)(C)C)CO3)c3ccccc3)c21. The maximum absolute atomic E-state index is 12.9. The Labute approximate surface area is 238 Å². The van der Waals surface area contributed by atoms with Crippen LogP contribution in [0.1, 0.15) is 82.0 Å². The molecule has 0 radical (unpaired) electrons. The van der Waals surface area contributed by atoms with E-state index in [4.69, 9.17) is 19.5 Å². The van der Waals surface area contributed by atoms with Gasteiger partial charge in [-0.1, -0.05) is 83.1 Å². The van der Waals surface area contributed by atoms with Gasteiger partial charge in [0.1, 0.15) is 18.0 Å². The molecule has 1 atom stereocenters. The number of carbonyl (C=O) groups is 1. The average Bonchev–Trinajstić information content (AvgIpc) is 3.62. The normalized spacial score (nSPS) is 18.6. The van der Waals surface area contributed by atoms with Crippen LogP contribution in [0.25, 0.3) is 11.1 Å². The Kier molecular flexibility index (Phi) is 7.72. The number of esters is 1. The number of benzene rings is 2. The van der Waals surface area contributed by atoms with E-state index in [0.717, 1.165) is 60.3 Å². The first-order chi connectivity index (χ1) is 19.2. The van der Waals surface area contributed by atoms with Crippen LogP contribution in [0, 0.1) is 5.41 Å². The fourth-order valence-electron chi connectivity index (χ4n) is 6.16. The van der Waals surface area contributed by atoms with E-state index in [-0.39, 0.29) is 22.8 Å². The molecule has 0 amide bonds.